The Balaban J connectivity index is 10.5. The maximum Gasteiger partial charge on any atom is -0.0000117 e. The van der Waals surface area contributed by atoms with Crippen LogP contribution in [0.25, 0.3) is 0 Å². The lowest BCUT2D eigenvalue weighted by Crippen LogP contribution is -1.72. The highest BCUT2D eigenvalue weighted by Gasteiger charge is 2.61. The van der Waals surface area contributed by atoms with E-state index in [0.717, 1.165) is 7.96 Å². The van der Waals surface area contributed by atoms with Crippen LogP contribution in [0, 0.1) is 0 Å². The van der Waals surface area contributed by atoms with Gasteiger partial charge < -0.3 is 0 Å². The van der Waals surface area contributed by atoms with Gasteiger partial charge in [0.2, 0.25) is 0 Å². The molecular weight excluding hydrogens is 1830 g/mol. The fourth-order valence-electron chi connectivity index (χ4n) is 3.50. The summed E-state index contributed by atoms with van der Waals surface area (Å²) in [6.45, 7) is -5.97. The van der Waals surface area contributed by atoms with Crippen molar-refractivity contribution < 1.29 is 0 Å². The molecule has 34 unspecified atom stereocenters. The second-order valence-corrected chi connectivity index (χ2v) is 251. The van der Waals surface area contributed by atoms with Crippen LogP contribution in [-0.4, -0.2) is 0 Å². The van der Waals surface area contributed by atoms with Crippen molar-refractivity contribution in [3.63, 3.8) is 0 Å². The third kappa shape index (κ3) is 30.1. The maximum absolute atomic E-state index is 3.75. The van der Waals surface area contributed by atoms with Crippen molar-refractivity contribution in [2.45, 2.75) is 0 Å². The quantitative estimate of drug-likeness (QED) is 0.0685. The molecule has 0 aliphatic rings. The monoisotopic (exact) mass is 1890 g/mol. The van der Waals surface area contributed by atoms with Gasteiger partial charge in [-0.15, -0.1) is 268 Å². The maximum atomic E-state index is 3.75. The highest BCUT2D eigenvalue weighted by atomic mass is 33.6. The minimum Gasteiger partial charge on any atom is -0.109 e. The molecule has 34 atom stereocenters. The molecule has 0 aliphatic heterocycles. The molecule has 0 amide bonds. The topological polar surface area (TPSA) is 0 Å². The van der Waals surface area contributed by atoms with Crippen molar-refractivity contribution in [1.29, 1.82) is 0 Å². The number of hydrogen-bond donors (Lipinski definition) is 0. The first-order valence-electron chi connectivity index (χ1n) is 13.4. The minimum absolute atomic E-state index is 0.155. The predicted octanol–water partition coefficient (Wildman–Crippen LogP) is 34.5. The summed E-state index contributed by atoms with van der Waals surface area (Å²) in [5, 5.41) is 0. The van der Waals surface area contributed by atoms with Gasteiger partial charge in [-0.3, -0.25) is 0 Å². The average molecular weight is 1890 g/mol. The van der Waals surface area contributed by atoms with Crippen molar-refractivity contribution in [2.75, 3.05) is 0 Å². The smallest absolute Gasteiger partial charge is 0.0000117 e. The van der Waals surface area contributed by atoms with Crippen LogP contribution < -0.4 is 0 Å². The van der Waals surface area contributed by atoms with E-state index in [1.54, 1.807) is 0 Å². The number of rotatable bonds is 28. The Labute approximate surface area is 464 Å². The molecule has 0 radical (unpaired) electrons. The van der Waals surface area contributed by atoms with Gasteiger partial charge in [0.15, 0.2) is 0 Å². The fraction of sp³-hybridized carbons (Fsp3) is 0. The molecular formula is H61P59. The summed E-state index contributed by atoms with van der Waals surface area (Å²) in [6, 6.07) is 0. The zero-order valence-electron chi connectivity index (χ0n) is 30.3. The van der Waals surface area contributed by atoms with Gasteiger partial charge in [-0.25, -0.2) is 0 Å². The van der Waals surface area contributed by atoms with Crippen LogP contribution in [0.5, 0.6) is 0 Å². The van der Waals surface area contributed by atoms with E-state index in [9.17, 15) is 0 Å². The lowest BCUT2D eigenvalue weighted by molar-refractivity contribution is 4.34. The van der Waals surface area contributed by atoms with Gasteiger partial charge in [-0.1, -0.05) is 7.96 Å². The van der Waals surface area contributed by atoms with E-state index in [1.165, 1.54) is 0 Å². The van der Waals surface area contributed by atoms with Crippen LogP contribution in [0.4, 0.5) is 0 Å². The van der Waals surface area contributed by atoms with Crippen molar-refractivity contribution in [1.82, 2.24) is 0 Å². The Bertz CT molecular complexity index is 902. The summed E-state index contributed by atoms with van der Waals surface area (Å²) < 4.78 is 0. The third-order valence-electron chi connectivity index (χ3n) is 5.14. The molecule has 0 aromatic heterocycles. The van der Waals surface area contributed by atoms with Gasteiger partial charge in [-0.2, -0.15) is 0 Å². The van der Waals surface area contributed by atoms with Gasteiger partial charge in [-0.05, 0) is 196 Å². The highest BCUT2D eigenvalue weighted by molar-refractivity contribution is 9.54. The third-order valence-corrected chi connectivity index (χ3v) is 416. The van der Waals surface area contributed by atoms with Gasteiger partial charge in [0.25, 0.3) is 0 Å². The first kappa shape index (κ1) is 84.4. The molecule has 0 saturated heterocycles. The molecule has 0 spiro atoms. The standard InChI is InChI=1S/H61P59/c1-31-46(30)54(47(32(2)3)33(4)5)58(55(48(34(6)7)35(8)9)49(36(10)11)37(12)13)59(56(50(38(14)15)39(16)17)51(40(18)19)41(20)21)57(52(42(22)23)43(24)25)53(44(26)27)45(28)29/h31H,1-30H2. The Hall–Kier alpha value is 25.4. The summed E-state index contributed by atoms with van der Waals surface area (Å²) in [5.74, 6) is 0. The summed E-state index contributed by atoms with van der Waals surface area (Å²) in [6.07, 6.45) is 0. The molecule has 0 aliphatic carbocycles. The minimum atomic E-state index is -0.250. The van der Waals surface area contributed by atoms with E-state index in [0.29, 0.717) is 0 Å². The molecule has 0 heterocycles. The molecule has 59 heteroatoms. The Morgan fingerprint density at radius 2 is 0.254 bits per heavy atom. The van der Waals surface area contributed by atoms with Gasteiger partial charge in [0, 0.05) is 0 Å². The molecule has 0 rings (SSSR count). The van der Waals surface area contributed by atoms with E-state index in [4.69, 9.17) is 0 Å². The largest absolute Gasteiger partial charge is 0.109 e. The van der Waals surface area contributed by atoms with E-state index >= 15 is 0 Å². The van der Waals surface area contributed by atoms with E-state index in [1.807, 2.05) is 0 Å². The molecule has 0 N–H and O–H groups in total. The Morgan fingerprint density at radius 3 is 0.373 bits per heavy atom. The van der Waals surface area contributed by atoms with Crippen LogP contribution in [0.1, 0.15) is 0 Å². The molecule has 356 valence electrons. The van der Waals surface area contributed by atoms with Gasteiger partial charge in [0.1, 0.15) is 0 Å². The summed E-state index contributed by atoms with van der Waals surface area (Å²) in [4.78, 5) is 0. The Kier molecular flexibility index (Phi) is 66.4. The van der Waals surface area contributed by atoms with Crippen LogP contribution >= 0.6 is 471 Å². The van der Waals surface area contributed by atoms with Crippen molar-refractivity contribution >= 4 is 471 Å². The zero-order valence-corrected chi connectivity index (χ0v) is 91.0. The van der Waals surface area contributed by atoms with Crippen LogP contribution in [0.3, 0.4) is 0 Å². The summed E-state index contributed by atoms with van der Waals surface area (Å²) >= 11 is 0. The van der Waals surface area contributed by atoms with Crippen molar-refractivity contribution in [2.24, 2.45) is 0 Å². The Morgan fingerprint density at radius 1 is 0.153 bits per heavy atom. The molecule has 59 heavy (non-hydrogen) atoms. The van der Waals surface area contributed by atoms with Crippen molar-refractivity contribution in [3.8, 4) is 0 Å². The van der Waals surface area contributed by atoms with E-state index in [-0.39, 0.29) is 196 Å². The molecule has 0 aromatic rings. The van der Waals surface area contributed by atoms with E-state index in [2.05, 4.69) is 268 Å². The van der Waals surface area contributed by atoms with Crippen molar-refractivity contribution in [3.05, 3.63) is 0 Å². The van der Waals surface area contributed by atoms with Crippen LogP contribution in [-0.2, 0) is 0 Å². The lowest BCUT2D eigenvalue weighted by Gasteiger charge is -2.60. The first-order valence-corrected chi connectivity index (χ1v) is 121. The average Bonchev–Trinajstić information content (AvgIpc) is 3.02. The van der Waals surface area contributed by atoms with Gasteiger partial charge >= 0.3 is 0 Å². The normalized spacial score (nSPS) is 16.1. The molecule has 0 fully saturated rings. The molecule has 0 nitrogen and oxygen atoms in total. The fourth-order valence-corrected chi connectivity index (χ4v) is 850. The summed E-state index contributed by atoms with van der Waals surface area (Å²) in [5.41, 5.74) is 0. The lowest BCUT2D eigenvalue weighted by atomic mass is 28.4. The molecule has 0 saturated carbocycles. The van der Waals surface area contributed by atoms with Crippen LogP contribution in [0.15, 0.2) is 0 Å². The van der Waals surface area contributed by atoms with Crippen LogP contribution in [0.2, 0.25) is 0 Å². The number of hydrogen-bond acceptors (Lipinski definition) is 0. The predicted molar refractivity (Wildman–Crippen MR) is 493 cm³/mol. The molecule has 0 aromatic carbocycles. The summed E-state index contributed by atoms with van der Waals surface area (Å²) in [7, 11) is 107. The van der Waals surface area contributed by atoms with Gasteiger partial charge in [0.05, 0.1) is 0 Å². The second kappa shape index (κ2) is 46.4. The van der Waals surface area contributed by atoms with E-state index < -0.39 is 0 Å². The molecule has 0 bridgehead atoms. The SMILES string of the molecule is PPP(P)P(P(P(P)P)P(P)P)P(P(P(P(P)P)P(P)P)P(P(P)P)P(P)P)P(P(P(P(P)P)P(P)P)P(P(P)P)P(P)P)P(P(P(P)P)P(P)P)P(P(P)P)P(P)P. The second-order valence-electron chi connectivity index (χ2n) is 9.28. The zero-order chi connectivity index (χ0) is 46.9. The highest BCUT2D eigenvalue weighted by Crippen LogP contribution is 3.48. The first-order chi connectivity index (χ1) is 26.9.